The highest BCUT2D eigenvalue weighted by Crippen LogP contribution is 2.25. The molecule has 24 heavy (non-hydrogen) atoms. The Hall–Kier alpha value is -3.03. The van der Waals surface area contributed by atoms with E-state index in [4.69, 9.17) is 21.6 Å². The summed E-state index contributed by atoms with van der Waals surface area (Å²) in [6.45, 7) is -0.168. The van der Waals surface area contributed by atoms with E-state index in [-0.39, 0.29) is 12.5 Å². The molecule has 1 amide bonds. The minimum Gasteiger partial charge on any atom is -0.482 e. The summed E-state index contributed by atoms with van der Waals surface area (Å²) in [5.74, 6) is 0.0787. The van der Waals surface area contributed by atoms with Crippen molar-refractivity contribution in [2.45, 2.75) is 0 Å². The van der Waals surface area contributed by atoms with Crippen molar-refractivity contribution in [1.29, 1.82) is 5.26 Å². The van der Waals surface area contributed by atoms with E-state index in [0.29, 0.717) is 22.0 Å². The van der Waals surface area contributed by atoms with Gasteiger partial charge in [0.2, 0.25) is 0 Å². The predicted molar refractivity (Wildman–Crippen MR) is 94.2 cm³/mol. The molecular formula is C19H13ClN2O2. The average molecular weight is 337 g/mol. The molecule has 0 aliphatic carbocycles. The second kappa shape index (κ2) is 7.03. The van der Waals surface area contributed by atoms with Crippen LogP contribution < -0.4 is 10.1 Å². The quantitative estimate of drug-likeness (QED) is 0.769. The van der Waals surface area contributed by atoms with Crippen molar-refractivity contribution in [1.82, 2.24) is 0 Å². The van der Waals surface area contributed by atoms with E-state index < -0.39 is 0 Å². The Balaban J connectivity index is 1.64. The van der Waals surface area contributed by atoms with Gasteiger partial charge in [-0.1, -0.05) is 41.9 Å². The number of rotatable bonds is 4. The van der Waals surface area contributed by atoms with E-state index in [9.17, 15) is 4.79 Å². The molecule has 5 heteroatoms. The van der Waals surface area contributed by atoms with Gasteiger partial charge in [-0.2, -0.15) is 5.26 Å². The molecule has 3 aromatic carbocycles. The van der Waals surface area contributed by atoms with Crippen LogP contribution in [0.4, 0.5) is 5.69 Å². The number of anilines is 1. The zero-order valence-corrected chi connectivity index (χ0v) is 13.4. The van der Waals surface area contributed by atoms with E-state index in [2.05, 4.69) is 5.32 Å². The summed E-state index contributed by atoms with van der Waals surface area (Å²) in [5, 5.41) is 14.0. The molecular weight excluding hydrogens is 324 g/mol. The maximum absolute atomic E-state index is 12.0. The number of benzene rings is 3. The van der Waals surface area contributed by atoms with Gasteiger partial charge in [0.1, 0.15) is 5.75 Å². The number of carbonyl (C=O) groups excluding carboxylic acids is 1. The molecule has 3 rings (SSSR count). The molecule has 0 unspecified atom stereocenters. The minimum atomic E-state index is -0.286. The molecule has 0 bridgehead atoms. The van der Waals surface area contributed by atoms with Crippen LogP contribution in [-0.4, -0.2) is 12.5 Å². The maximum Gasteiger partial charge on any atom is 0.262 e. The highest BCUT2D eigenvalue weighted by Gasteiger charge is 2.07. The Labute approximate surface area is 144 Å². The smallest absolute Gasteiger partial charge is 0.262 e. The summed E-state index contributed by atoms with van der Waals surface area (Å²) in [7, 11) is 0. The summed E-state index contributed by atoms with van der Waals surface area (Å²) < 4.78 is 5.40. The van der Waals surface area contributed by atoms with Gasteiger partial charge in [-0.05, 0) is 41.1 Å². The molecule has 0 heterocycles. The second-order valence-corrected chi connectivity index (χ2v) is 5.56. The molecule has 1 N–H and O–H groups in total. The summed E-state index contributed by atoms with van der Waals surface area (Å²) in [5.41, 5.74) is 1.14. The topological polar surface area (TPSA) is 62.1 Å². The number of nitrogens with zero attached hydrogens (tertiary/aromatic N) is 1. The summed E-state index contributed by atoms with van der Waals surface area (Å²) in [4.78, 5) is 12.0. The van der Waals surface area contributed by atoms with Crippen molar-refractivity contribution >= 4 is 34.0 Å². The first-order valence-electron chi connectivity index (χ1n) is 7.27. The number of hydrogen-bond acceptors (Lipinski definition) is 3. The van der Waals surface area contributed by atoms with Crippen LogP contribution in [0, 0.1) is 11.3 Å². The van der Waals surface area contributed by atoms with Crippen molar-refractivity contribution < 1.29 is 9.53 Å². The first kappa shape index (κ1) is 15.9. The molecule has 0 aromatic heterocycles. The third-order valence-corrected chi connectivity index (χ3v) is 3.75. The zero-order chi connectivity index (χ0) is 16.9. The predicted octanol–water partition coefficient (Wildman–Crippen LogP) is 4.38. The van der Waals surface area contributed by atoms with Crippen molar-refractivity contribution in [3.05, 3.63) is 71.2 Å². The lowest BCUT2D eigenvalue weighted by Gasteiger charge is -2.09. The first-order valence-corrected chi connectivity index (χ1v) is 7.64. The van der Waals surface area contributed by atoms with Crippen LogP contribution in [-0.2, 0) is 4.79 Å². The van der Waals surface area contributed by atoms with Crippen LogP contribution in [0.25, 0.3) is 10.8 Å². The summed E-state index contributed by atoms with van der Waals surface area (Å²) in [6, 6.07) is 20.3. The highest BCUT2D eigenvalue weighted by molar-refractivity contribution is 6.32. The zero-order valence-electron chi connectivity index (χ0n) is 12.6. The molecule has 4 nitrogen and oxygen atoms in total. The normalized spacial score (nSPS) is 10.2. The Bertz CT molecular complexity index is 947. The van der Waals surface area contributed by atoms with Gasteiger partial charge >= 0.3 is 0 Å². The van der Waals surface area contributed by atoms with Crippen LogP contribution in [0.5, 0.6) is 5.75 Å². The second-order valence-electron chi connectivity index (χ2n) is 5.16. The number of fused-ring (bicyclic) bond motifs is 1. The number of nitrogens with one attached hydrogen (secondary N) is 1. The van der Waals surface area contributed by atoms with E-state index in [0.717, 1.165) is 10.8 Å². The number of amides is 1. The van der Waals surface area contributed by atoms with Crippen molar-refractivity contribution in [2.24, 2.45) is 0 Å². The van der Waals surface area contributed by atoms with Gasteiger partial charge in [0.05, 0.1) is 16.7 Å². The summed E-state index contributed by atoms with van der Waals surface area (Å²) >= 11 is 6.01. The van der Waals surface area contributed by atoms with Gasteiger partial charge in [0.15, 0.2) is 6.61 Å². The fraction of sp³-hybridized carbons (Fsp3) is 0.0526. The highest BCUT2D eigenvalue weighted by atomic mass is 35.5. The fourth-order valence-corrected chi connectivity index (χ4v) is 2.53. The molecule has 0 saturated carbocycles. The Morgan fingerprint density at radius 1 is 1.08 bits per heavy atom. The first-order chi connectivity index (χ1) is 11.7. The molecule has 0 fully saturated rings. The third kappa shape index (κ3) is 3.65. The average Bonchev–Trinajstić information content (AvgIpc) is 2.60. The number of carbonyl (C=O) groups is 1. The molecule has 0 atom stereocenters. The molecule has 3 aromatic rings. The molecule has 0 aliphatic heterocycles. The molecule has 0 aliphatic rings. The molecule has 118 valence electrons. The van der Waals surface area contributed by atoms with Gasteiger partial charge in [-0.15, -0.1) is 0 Å². The maximum atomic E-state index is 12.0. The van der Waals surface area contributed by atoms with Crippen LogP contribution in [0.1, 0.15) is 5.56 Å². The standard InChI is InChI=1S/C19H13ClN2O2/c20-17-9-13(11-21)5-8-18(17)24-12-19(23)22-16-7-6-14-3-1-2-4-15(14)10-16/h1-10H,12H2,(H,22,23). The fourth-order valence-electron chi connectivity index (χ4n) is 2.29. The van der Waals surface area contributed by atoms with Gasteiger partial charge in [-0.3, -0.25) is 4.79 Å². The summed E-state index contributed by atoms with van der Waals surface area (Å²) in [6.07, 6.45) is 0. The lowest BCUT2D eigenvalue weighted by Crippen LogP contribution is -2.20. The number of halogens is 1. The van der Waals surface area contributed by atoms with E-state index in [1.54, 1.807) is 12.1 Å². The van der Waals surface area contributed by atoms with Gasteiger partial charge in [-0.25, -0.2) is 0 Å². The Morgan fingerprint density at radius 2 is 1.88 bits per heavy atom. The molecule has 0 radical (unpaired) electrons. The SMILES string of the molecule is N#Cc1ccc(OCC(=O)Nc2ccc3ccccc3c2)c(Cl)c1. The third-order valence-electron chi connectivity index (χ3n) is 3.45. The number of ether oxygens (including phenoxy) is 1. The van der Waals surface area contributed by atoms with Crippen LogP contribution in [0.3, 0.4) is 0 Å². The Kier molecular flexibility index (Phi) is 4.64. The van der Waals surface area contributed by atoms with Crippen molar-refractivity contribution in [3.63, 3.8) is 0 Å². The van der Waals surface area contributed by atoms with E-state index in [1.807, 2.05) is 48.5 Å². The van der Waals surface area contributed by atoms with E-state index in [1.165, 1.54) is 6.07 Å². The van der Waals surface area contributed by atoms with Crippen molar-refractivity contribution in [2.75, 3.05) is 11.9 Å². The lowest BCUT2D eigenvalue weighted by atomic mass is 10.1. The van der Waals surface area contributed by atoms with Gasteiger partial charge in [0, 0.05) is 5.69 Å². The van der Waals surface area contributed by atoms with Crippen LogP contribution in [0.15, 0.2) is 60.7 Å². The molecule has 0 saturated heterocycles. The van der Waals surface area contributed by atoms with Gasteiger partial charge < -0.3 is 10.1 Å². The number of nitriles is 1. The largest absolute Gasteiger partial charge is 0.482 e. The van der Waals surface area contributed by atoms with Crippen LogP contribution in [0.2, 0.25) is 5.02 Å². The van der Waals surface area contributed by atoms with Crippen molar-refractivity contribution in [3.8, 4) is 11.8 Å². The monoisotopic (exact) mass is 336 g/mol. The molecule has 0 spiro atoms. The van der Waals surface area contributed by atoms with Gasteiger partial charge in [0.25, 0.3) is 5.91 Å². The lowest BCUT2D eigenvalue weighted by molar-refractivity contribution is -0.118. The number of hydrogen-bond donors (Lipinski definition) is 1. The van der Waals surface area contributed by atoms with Crippen LogP contribution >= 0.6 is 11.6 Å². The van der Waals surface area contributed by atoms with E-state index >= 15 is 0 Å². The minimum absolute atomic E-state index is 0.168. The Morgan fingerprint density at radius 3 is 2.62 bits per heavy atom.